The lowest BCUT2D eigenvalue weighted by molar-refractivity contribution is 1.14. The van der Waals surface area contributed by atoms with Crippen molar-refractivity contribution >= 4 is 11.4 Å². The maximum Gasteiger partial charge on any atom is 0.0400 e. The molecule has 0 saturated heterocycles. The number of hydrogen-bond donors (Lipinski definition) is 2. The SMILES string of the molecule is Cc1ccccc1NCc1ccc(N)cc1. The van der Waals surface area contributed by atoms with Crippen molar-refractivity contribution in [3.8, 4) is 0 Å². The summed E-state index contributed by atoms with van der Waals surface area (Å²) in [6.45, 7) is 2.93. The van der Waals surface area contributed by atoms with Crippen molar-refractivity contribution in [2.45, 2.75) is 13.5 Å². The van der Waals surface area contributed by atoms with Crippen molar-refractivity contribution in [1.82, 2.24) is 0 Å². The standard InChI is InChI=1S/C14H16N2/c1-11-4-2-3-5-14(11)16-10-12-6-8-13(15)9-7-12/h2-9,16H,10,15H2,1H3. The highest BCUT2D eigenvalue weighted by atomic mass is 14.9. The van der Waals surface area contributed by atoms with Gasteiger partial charge in [0.25, 0.3) is 0 Å². The molecule has 0 aromatic heterocycles. The van der Waals surface area contributed by atoms with Crippen LogP contribution in [0.15, 0.2) is 48.5 Å². The van der Waals surface area contributed by atoms with Gasteiger partial charge < -0.3 is 11.1 Å². The lowest BCUT2D eigenvalue weighted by atomic mass is 10.1. The predicted octanol–water partition coefficient (Wildman–Crippen LogP) is 3.19. The first-order chi connectivity index (χ1) is 7.75. The van der Waals surface area contributed by atoms with Gasteiger partial charge in [0.05, 0.1) is 0 Å². The predicted molar refractivity (Wildman–Crippen MR) is 69.4 cm³/mol. The Morgan fingerprint density at radius 2 is 1.69 bits per heavy atom. The summed E-state index contributed by atoms with van der Waals surface area (Å²) in [6.07, 6.45) is 0. The van der Waals surface area contributed by atoms with Crippen LogP contribution in [0.4, 0.5) is 11.4 Å². The fourth-order valence-corrected chi connectivity index (χ4v) is 1.60. The Kier molecular flexibility index (Phi) is 3.10. The molecule has 0 aliphatic heterocycles. The zero-order valence-corrected chi connectivity index (χ0v) is 9.40. The first kappa shape index (κ1) is 10.6. The number of aryl methyl sites for hydroxylation is 1. The molecular weight excluding hydrogens is 196 g/mol. The van der Waals surface area contributed by atoms with E-state index in [4.69, 9.17) is 5.73 Å². The first-order valence-corrected chi connectivity index (χ1v) is 5.39. The minimum atomic E-state index is 0.805. The highest BCUT2D eigenvalue weighted by molar-refractivity contribution is 5.51. The summed E-state index contributed by atoms with van der Waals surface area (Å²) < 4.78 is 0. The van der Waals surface area contributed by atoms with Crippen LogP contribution in [0.3, 0.4) is 0 Å². The summed E-state index contributed by atoms with van der Waals surface area (Å²) in [4.78, 5) is 0. The fraction of sp³-hybridized carbons (Fsp3) is 0.143. The smallest absolute Gasteiger partial charge is 0.0400 e. The lowest BCUT2D eigenvalue weighted by Crippen LogP contribution is -2.00. The van der Waals surface area contributed by atoms with E-state index in [0.717, 1.165) is 12.2 Å². The van der Waals surface area contributed by atoms with Crippen molar-refractivity contribution in [2.24, 2.45) is 0 Å². The number of nitrogens with one attached hydrogen (secondary N) is 1. The van der Waals surface area contributed by atoms with E-state index in [1.165, 1.54) is 16.8 Å². The molecule has 0 radical (unpaired) electrons. The average molecular weight is 212 g/mol. The number of anilines is 2. The van der Waals surface area contributed by atoms with Gasteiger partial charge in [-0.15, -0.1) is 0 Å². The summed E-state index contributed by atoms with van der Waals surface area (Å²) in [5, 5.41) is 3.41. The van der Waals surface area contributed by atoms with E-state index in [1.54, 1.807) is 0 Å². The second-order valence-corrected chi connectivity index (χ2v) is 3.91. The second kappa shape index (κ2) is 4.71. The molecule has 16 heavy (non-hydrogen) atoms. The summed E-state index contributed by atoms with van der Waals surface area (Å²) in [5.74, 6) is 0. The molecule has 0 aliphatic rings. The molecule has 3 N–H and O–H groups in total. The molecule has 0 spiro atoms. The van der Waals surface area contributed by atoms with Gasteiger partial charge in [-0.2, -0.15) is 0 Å². The highest BCUT2D eigenvalue weighted by Gasteiger charge is 1.96. The van der Waals surface area contributed by atoms with Gasteiger partial charge in [-0.3, -0.25) is 0 Å². The molecule has 0 aliphatic carbocycles. The second-order valence-electron chi connectivity index (χ2n) is 3.91. The van der Waals surface area contributed by atoms with Crippen LogP contribution in [-0.4, -0.2) is 0 Å². The van der Waals surface area contributed by atoms with Gasteiger partial charge in [0.2, 0.25) is 0 Å². The minimum Gasteiger partial charge on any atom is -0.399 e. The van der Waals surface area contributed by atoms with E-state index in [-0.39, 0.29) is 0 Å². The van der Waals surface area contributed by atoms with Crippen LogP contribution in [-0.2, 0) is 6.54 Å². The van der Waals surface area contributed by atoms with Gasteiger partial charge in [-0.1, -0.05) is 30.3 Å². The number of benzene rings is 2. The molecule has 0 atom stereocenters. The molecule has 0 saturated carbocycles. The highest BCUT2D eigenvalue weighted by Crippen LogP contribution is 2.15. The van der Waals surface area contributed by atoms with Gasteiger partial charge in [-0.25, -0.2) is 0 Å². The molecule has 2 rings (SSSR count). The van der Waals surface area contributed by atoms with Gasteiger partial charge in [0.1, 0.15) is 0 Å². The van der Waals surface area contributed by atoms with E-state index in [1.807, 2.05) is 36.4 Å². The van der Waals surface area contributed by atoms with E-state index < -0.39 is 0 Å². The summed E-state index contributed by atoms with van der Waals surface area (Å²) in [7, 11) is 0. The molecule has 2 nitrogen and oxygen atoms in total. The van der Waals surface area contributed by atoms with E-state index in [9.17, 15) is 0 Å². The largest absolute Gasteiger partial charge is 0.399 e. The summed E-state index contributed by atoms with van der Waals surface area (Å²) in [6, 6.07) is 16.2. The van der Waals surface area contributed by atoms with E-state index in [2.05, 4.69) is 24.4 Å². The zero-order chi connectivity index (χ0) is 11.4. The Hall–Kier alpha value is -1.96. The number of rotatable bonds is 3. The fourth-order valence-electron chi connectivity index (χ4n) is 1.60. The summed E-state index contributed by atoms with van der Waals surface area (Å²) >= 11 is 0. The third-order valence-corrected chi connectivity index (χ3v) is 2.61. The maximum atomic E-state index is 5.64. The number of nitrogens with two attached hydrogens (primary N) is 1. The normalized spacial score (nSPS) is 10.1. The Balaban J connectivity index is 2.02. The van der Waals surface area contributed by atoms with Gasteiger partial charge in [0.15, 0.2) is 0 Å². The van der Waals surface area contributed by atoms with Gasteiger partial charge in [0, 0.05) is 17.9 Å². The third-order valence-electron chi connectivity index (χ3n) is 2.61. The van der Waals surface area contributed by atoms with Crippen LogP contribution in [0.1, 0.15) is 11.1 Å². The molecular formula is C14H16N2. The molecule has 0 fully saturated rings. The molecule has 0 bridgehead atoms. The Morgan fingerprint density at radius 3 is 2.38 bits per heavy atom. The molecule has 2 aromatic rings. The van der Waals surface area contributed by atoms with Crippen molar-refractivity contribution in [2.75, 3.05) is 11.1 Å². The molecule has 0 unspecified atom stereocenters. The lowest BCUT2D eigenvalue weighted by Gasteiger charge is -2.09. The topological polar surface area (TPSA) is 38.0 Å². The molecule has 2 heteroatoms. The molecule has 0 heterocycles. The number of nitrogen functional groups attached to an aromatic ring is 1. The third kappa shape index (κ3) is 2.54. The Labute approximate surface area is 96.1 Å². The van der Waals surface area contributed by atoms with Crippen LogP contribution in [0, 0.1) is 6.92 Å². The van der Waals surface area contributed by atoms with Crippen molar-refractivity contribution in [1.29, 1.82) is 0 Å². The van der Waals surface area contributed by atoms with Gasteiger partial charge in [-0.05, 0) is 36.2 Å². The van der Waals surface area contributed by atoms with Crippen LogP contribution >= 0.6 is 0 Å². The Bertz CT molecular complexity index is 460. The zero-order valence-electron chi connectivity index (χ0n) is 9.40. The average Bonchev–Trinajstić information content (AvgIpc) is 2.30. The quantitative estimate of drug-likeness (QED) is 0.767. The number of hydrogen-bond acceptors (Lipinski definition) is 2. The molecule has 82 valence electrons. The van der Waals surface area contributed by atoms with Crippen LogP contribution < -0.4 is 11.1 Å². The van der Waals surface area contributed by atoms with Crippen LogP contribution in [0.5, 0.6) is 0 Å². The monoisotopic (exact) mass is 212 g/mol. The number of para-hydroxylation sites is 1. The van der Waals surface area contributed by atoms with Gasteiger partial charge >= 0.3 is 0 Å². The van der Waals surface area contributed by atoms with Crippen molar-refractivity contribution in [3.05, 3.63) is 59.7 Å². The van der Waals surface area contributed by atoms with E-state index >= 15 is 0 Å². The van der Waals surface area contributed by atoms with Crippen LogP contribution in [0.2, 0.25) is 0 Å². The minimum absolute atomic E-state index is 0.805. The molecule has 2 aromatic carbocycles. The van der Waals surface area contributed by atoms with Crippen molar-refractivity contribution in [3.63, 3.8) is 0 Å². The summed E-state index contributed by atoms with van der Waals surface area (Å²) in [5.41, 5.74) is 10.1. The molecule has 0 amide bonds. The van der Waals surface area contributed by atoms with Crippen molar-refractivity contribution < 1.29 is 0 Å². The maximum absolute atomic E-state index is 5.64. The Morgan fingerprint density at radius 1 is 1.00 bits per heavy atom. The van der Waals surface area contributed by atoms with Crippen LogP contribution in [0.25, 0.3) is 0 Å². The first-order valence-electron chi connectivity index (χ1n) is 5.39. The van der Waals surface area contributed by atoms with E-state index in [0.29, 0.717) is 0 Å².